The van der Waals surface area contributed by atoms with Gasteiger partial charge >= 0.3 is 0 Å². The lowest BCUT2D eigenvalue weighted by Gasteiger charge is -2.06. The summed E-state index contributed by atoms with van der Waals surface area (Å²) in [6, 6.07) is 10.9. The Morgan fingerprint density at radius 2 is 2.00 bits per heavy atom. The van der Waals surface area contributed by atoms with E-state index in [0.717, 1.165) is 11.3 Å². The van der Waals surface area contributed by atoms with Gasteiger partial charge in [-0.25, -0.2) is 0 Å². The number of thioether (sulfide) groups is 1. The number of nitrogens with one attached hydrogen (secondary N) is 1. The van der Waals surface area contributed by atoms with Gasteiger partial charge in [0.25, 0.3) is 5.91 Å². The number of hydrogen-bond donors (Lipinski definition) is 1. The fourth-order valence-electron chi connectivity index (χ4n) is 2.51. The van der Waals surface area contributed by atoms with Crippen molar-refractivity contribution in [3.8, 4) is 17.1 Å². The van der Waals surface area contributed by atoms with Gasteiger partial charge in [0.05, 0.1) is 12.9 Å². The van der Waals surface area contributed by atoms with Crippen LogP contribution < -0.4 is 10.1 Å². The van der Waals surface area contributed by atoms with Crippen LogP contribution in [0.5, 0.6) is 5.75 Å². The van der Waals surface area contributed by atoms with Gasteiger partial charge in [-0.05, 0) is 24.3 Å². The molecule has 0 bridgehead atoms. The maximum atomic E-state index is 12.1. The van der Waals surface area contributed by atoms with Crippen LogP contribution in [0, 0.1) is 0 Å². The first-order chi connectivity index (χ1) is 13.0. The number of aromatic nitrogens is 4. The predicted octanol–water partition coefficient (Wildman–Crippen LogP) is 1.88. The van der Waals surface area contributed by atoms with Crippen molar-refractivity contribution >= 4 is 23.6 Å². The molecule has 0 unspecified atom stereocenters. The van der Waals surface area contributed by atoms with Crippen LogP contribution in [0.2, 0.25) is 0 Å². The van der Waals surface area contributed by atoms with Crippen LogP contribution in [0.25, 0.3) is 11.4 Å². The van der Waals surface area contributed by atoms with Crippen LogP contribution in [0.3, 0.4) is 0 Å². The quantitative estimate of drug-likeness (QED) is 0.652. The summed E-state index contributed by atoms with van der Waals surface area (Å²) in [7, 11) is 5.17. The first-order valence-electron chi connectivity index (χ1n) is 8.11. The number of rotatable bonds is 6. The zero-order chi connectivity index (χ0) is 19.4. The Labute approximate surface area is 160 Å². The average molecular weight is 385 g/mol. The largest absolute Gasteiger partial charge is 0.497 e. The topological polar surface area (TPSA) is 91.0 Å². The van der Waals surface area contributed by atoms with E-state index in [2.05, 4.69) is 15.5 Å². The van der Waals surface area contributed by atoms with Crippen molar-refractivity contribution in [1.82, 2.24) is 24.6 Å². The van der Waals surface area contributed by atoms with Crippen molar-refractivity contribution in [2.45, 2.75) is 5.16 Å². The molecule has 3 aromatic rings. The Kier molecular flexibility index (Phi) is 5.60. The number of benzene rings is 1. The van der Waals surface area contributed by atoms with E-state index in [9.17, 15) is 9.59 Å². The lowest BCUT2D eigenvalue weighted by molar-refractivity contribution is -0.117. The molecule has 0 aliphatic heterocycles. The summed E-state index contributed by atoms with van der Waals surface area (Å²) >= 11 is 1.21. The van der Waals surface area contributed by atoms with Crippen molar-refractivity contribution in [1.29, 1.82) is 0 Å². The lowest BCUT2D eigenvalue weighted by atomic mass is 10.2. The first kappa shape index (κ1) is 18.7. The first-order valence-corrected chi connectivity index (χ1v) is 9.10. The summed E-state index contributed by atoms with van der Waals surface area (Å²) in [6.07, 6.45) is 1.74. The maximum absolute atomic E-state index is 12.1. The van der Waals surface area contributed by atoms with Crippen LogP contribution in [0.4, 0.5) is 0 Å². The van der Waals surface area contributed by atoms with Crippen LogP contribution >= 0.6 is 11.8 Å². The maximum Gasteiger partial charge on any atom is 0.274 e. The molecule has 0 saturated carbocycles. The Hall–Kier alpha value is -3.07. The van der Waals surface area contributed by atoms with E-state index >= 15 is 0 Å². The highest BCUT2D eigenvalue weighted by Crippen LogP contribution is 2.25. The Morgan fingerprint density at radius 3 is 2.70 bits per heavy atom. The smallest absolute Gasteiger partial charge is 0.274 e. The molecule has 0 aliphatic rings. The van der Waals surface area contributed by atoms with Crippen molar-refractivity contribution in [2.24, 2.45) is 14.1 Å². The van der Waals surface area contributed by atoms with Gasteiger partial charge in [-0.3, -0.25) is 14.9 Å². The second-order valence-corrected chi connectivity index (χ2v) is 6.71. The molecule has 0 saturated heterocycles. The molecule has 0 atom stereocenters. The van der Waals surface area contributed by atoms with E-state index < -0.39 is 11.8 Å². The molecule has 0 aliphatic carbocycles. The van der Waals surface area contributed by atoms with Gasteiger partial charge in [-0.2, -0.15) is 0 Å². The summed E-state index contributed by atoms with van der Waals surface area (Å²) in [4.78, 5) is 24.1. The van der Waals surface area contributed by atoms with Crippen LogP contribution in [-0.4, -0.2) is 44.0 Å². The summed E-state index contributed by atoms with van der Waals surface area (Å²) in [5.41, 5.74) is 1.28. The van der Waals surface area contributed by atoms with E-state index in [1.54, 1.807) is 41.6 Å². The monoisotopic (exact) mass is 385 g/mol. The molecule has 1 N–H and O–H groups in total. The fraction of sp³-hybridized carbons (Fsp3) is 0.222. The van der Waals surface area contributed by atoms with E-state index in [-0.39, 0.29) is 5.75 Å². The Bertz CT molecular complexity index is 979. The zero-order valence-electron chi connectivity index (χ0n) is 15.2. The number of ether oxygens (including phenoxy) is 1. The highest BCUT2D eigenvalue weighted by molar-refractivity contribution is 7.99. The highest BCUT2D eigenvalue weighted by Gasteiger charge is 2.16. The van der Waals surface area contributed by atoms with Crippen LogP contribution in [-0.2, 0) is 18.9 Å². The van der Waals surface area contributed by atoms with Crippen molar-refractivity contribution in [2.75, 3.05) is 12.9 Å². The van der Waals surface area contributed by atoms with Gasteiger partial charge in [0.15, 0.2) is 11.0 Å². The third-order valence-electron chi connectivity index (χ3n) is 3.92. The molecule has 8 nitrogen and oxygen atoms in total. The van der Waals surface area contributed by atoms with Gasteiger partial charge in [-0.15, -0.1) is 10.2 Å². The van der Waals surface area contributed by atoms with E-state index in [0.29, 0.717) is 16.7 Å². The van der Waals surface area contributed by atoms with E-state index in [4.69, 9.17) is 4.74 Å². The van der Waals surface area contributed by atoms with Gasteiger partial charge in [0, 0.05) is 25.9 Å². The molecule has 0 spiro atoms. The second-order valence-electron chi connectivity index (χ2n) is 5.77. The average Bonchev–Trinajstić information content (AvgIpc) is 3.25. The number of aryl methyl sites for hydroxylation is 1. The summed E-state index contributed by atoms with van der Waals surface area (Å²) in [5, 5.41) is 11.3. The van der Waals surface area contributed by atoms with Crippen LogP contribution in [0.15, 0.2) is 47.8 Å². The second kappa shape index (κ2) is 8.09. The number of nitrogens with zero attached hydrogens (tertiary/aromatic N) is 4. The molecular weight excluding hydrogens is 366 g/mol. The molecule has 1 aromatic carbocycles. The molecule has 27 heavy (non-hydrogen) atoms. The highest BCUT2D eigenvalue weighted by atomic mass is 32.2. The van der Waals surface area contributed by atoms with Gasteiger partial charge < -0.3 is 13.9 Å². The minimum atomic E-state index is -0.428. The van der Waals surface area contributed by atoms with Crippen LogP contribution in [0.1, 0.15) is 10.5 Å². The standard InChI is InChI=1S/C18H19N5O3S/c1-22-9-5-8-14(22)17(25)19-15(24)11-27-18-21-20-16(23(18)2)12-6-4-7-13(10-12)26-3/h4-10H,11H2,1-3H3,(H,19,24,25). The molecular formula is C18H19N5O3S. The molecule has 9 heteroatoms. The zero-order valence-corrected chi connectivity index (χ0v) is 16.0. The molecule has 140 valence electrons. The predicted molar refractivity (Wildman–Crippen MR) is 102 cm³/mol. The number of hydrogen-bond acceptors (Lipinski definition) is 6. The summed E-state index contributed by atoms with van der Waals surface area (Å²) in [6.45, 7) is 0. The number of methoxy groups -OCH3 is 1. The SMILES string of the molecule is COc1cccc(-c2nnc(SCC(=O)NC(=O)c3cccn3C)n2C)c1. The molecule has 2 heterocycles. The van der Waals surface area contributed by atoms with Gasteiger partial charge in [-0.1, -0.05) is 23.9 Å². The number of carbonyl (C=O) groups excluding carboxylic acids is 2. The fourth-order valence-corrected chi connectivity index (χ4v) is 3.22. The number of carbonyl (C=O) groups is 2. The lowest BCUT2D eigenvalue weighted by Crippen LogP contribution is -2.33. The summed E-state index contributed by atoms with van der Waals surface area (Å²) < 4.78 is 8.68. The van der Waals surface area contributed by atoms with Crippen molar-refractivity contribution in [3.05, 3.63) is 48.3 Å². The minimum Gasteiger partial charge on any atom is -0.497 e. The Morgan fingerprint density at radius 1 is 1.19 bits per heavy atom. The summed E-state index contributed by atoms with van der Waals surface area (Å²) in [5.74, 6) is 0.625. The minimum absolute atomic E-state index is 0.0558. The molecule has 3 rings (SSSR count). The van der Waals surface area contributed by atoms with E-state index in [1.807, 2.05) is 31.3 Å². The number of imide groups is 1. The third kappa shape index (κ3) is 4.20. The normalized spacial score (nSPS) is 10.6. The Balaban J connectivity index is 1.63. The van der Waals surface area contributed by atoms with E-state index in [1.165, 1.54) is 11.8 Å². The molecule has 0 radical (unpaired) electrons. The molecule has 2 aromatic heterocycles. The molecule has 2 amide bonds. The third-order valence-corrected chi connectivity index (χ3v) is 4.94. The van der Waals surface area contributed by atoms with Gasteiger partial charge in [0.1, 0.15) is 11.4 Å². The molecule has 0 fully saturated rings. The van der Waals surface area contributed by atoms with Gasteiger partial charge in [0.2, 0.25) is 5.91 Å². The van der Waals surface area contributed by atoms with Crippen molar-refractivity contribution in [3.63, 3.8) is 0 Å². The number of amides is 2. The van der Waals surface area contributed by atoms with Crippen molar-refractivity contribution < 1.29 is 14.3 Å².